The number of benzene rings is 2. The van der Waals surface area contributed by atoms with E-state index in [0.717, 1.165) is 9.87 Å². The molecule has 0 bridgehead atoms. The number of hydrogen-bond donors (Lipinski definition) is 1. The number of aryl methyl sites for hydroxylation is 1. The molecule has 29 heavy (non-hydrogen) atoms. The molecule has 7 nitrogen and oxygen atoms in total. The molecule has 154 valence electrons. The number of likely N-dealkylation sites (N-methyl/N-ethyl adjacent to an activating group) is 2. The SMILES string of the molecule is Cc1ccc(NC(=O)CN(C)S(=O)(=O)c2ccc3c(c2)C(C)(C)C(=O)N3C)cc1. The molecule has 8 heteroatoms. The van der Waals surface area contributed by atoms with Gasteiger partial charge in [-0.3, -0.25) is 9.59 Å². The van der Waals surface area contributed by atoms with Gasteiger partial charge in [-0.15, -0.1) is 0 Å². The minimum Gasteiger partial charge on any atom is -0.325 e. The molecular formula is C21H25N3O4S. The maximum absolute atomic E-state index is 13.0. The summed E-state index contributed by atoms with van der Waals surface area (Å²) < 4.78 is 27.0. The fourth-order valence-corrected chi connectivity index (χ4v) is 4.57. The molecule has 0 saturated carbocycles. The predicted molar refractivity (Wildman–Crippen MR) is 113 cm³/mol. The van der Waals surface area contributed by atoms with Crippen LogP contribution >= 0.6 is 0 Å². The lowest BCUT2D eigenvalue weighted by Gasteiger charge is -2.19. The number of amides is 2. The van der Waals surface area contributed by atoms with Crippen LogP contribution in [0.2, 0.25) is 0 Å². The van der Waals surface area contributed by atoms with Gasteiger partial charge in [-0.25, -0.2) is 8.42 Å². The molecule has 0 fully saturated rings. The Morgan fingerprint density at radius 2 is 1.76 bits per heavy atom. The number of rotatable bonds is 5. The van der Waals surface area contributed by atoms with Gasteiger partial charge in [-0.05, 0) is 56.7 Å². The molecule has 2 aromatic carbocycles. The summed E-state index contributed by atoms with van der Waals surface area (Å²) in [5.41, 5.74) is 2.21. The van der Waals surface area contributed by atoms with E-state index in [9.17, 15) is 18.0 Å². The lowest BCUT2D eigenvalue weighted by atomic mass is 9.86. The summed E-state index contributed by atoms with van der Waals surface area (Å²) in [6.45, 7) is 5.16. The Kier molecular flexibility index (Phi) is 5.27. The number of nitrogens with zero attached hydrogens (tertiary/aromatic N) is 2. The molecule has 0 atom stereocenters. The summed E-state index contributed by atoms with van der Waals surface area (Å²) >= 11 is 0. The van der Waals surface area contributed by atoms with E-state index >= 15 is 0 Å². The average Bonchev–Trinajstić information content (AvgIpc) is 2.83. The van der Waals surface area contributed by atoms with Crippen LogP contribution in [-0.2, 0) is 25.0 Å². The van der Waals surface area contributed by atoms with Gasteiger partial charge >= 0.3 is 0 Å². The van der Waals surface area contributed by atoms with Gasteiger partial charge in [0.05, 0.1) is 16.9 Å². The maximum atomic E-state index is 13.0. The number of carbonyl (C=O) groups excluding carboxylic acids is 2. The maximum Gasteiger partial charge on any atom is 0.243 e. The van der Waals surface area contributed by atoms with Gasteiger partial charge in [0, 0.05) is 25.5 Å². The van der Waals surface area contributed by atoms with Gasteiger partial charge in [0.1, 0.15) is 0 Å². The average molecular weight is 416 g/mol. The fraction of sp³-hybridized carbons (Fsp3) is 0.333. The molecule has 1 heterocycles. The van der Waals surface area contributed by atoms with Crippen LogP contribution in [0.4, 0.5) is 11.4 Å². The van der Waals surface area contributed by atoms with Crippen molar-refractivity contribution < 1.29 is 18.0 Å². The van der Waals surface area contributed by atoms with Crippen molar-refractivity contribution in [1.29, 1.82) is 0 Å². The first-order chi connectivity index (χ1) is 13.4. The summed E-state index contributed by atoms with van der Waals surface area (Å²) in [6.07, 6.45) is 0. The molecule has 0 aliphatic carbocycles. The second-order valence-electron chi connectivity index (χ2n) is 7.84. The van der Waals surface area contributed by atoms with Crippen LogP contribution in [0.1, 0.15) is 25.0 Å². The Balaban J connectivity index is 1.80. The van der Waals surface area contributed by atoms with Gasteiger partial charge < -0.3 is 10.2 Å². The summed E-state index contributed by atoms with van der Waals surface area (Å²) in [5.74, 6) is -0.524. The molecule has 1 N–H and O–H groups in total. The molecule has 1 aliphatic heterocycles. The standard InChI is InChI=1S/C21H25N3O4S/c1-14-6-8-15(9-7-14)22-19(25)13-23(4)29(27,28)16-10-11-18-17(12-16)21(2,3)20(26)24(18)5/h6-12H,13H2,1-5H3,(H,22,25). The van der Waals surface area contributed by atoms with Crippen molar-refractivity contribution in [3.63, 3.8) is 0 Å². The van der Waals surface area contributed by atoms with Gasteiger partial charge in [0.25, 0.3) is 0 Å². The van der Waals surface area contributed by atoms with Crippen molar-refractivity contribution >= 4 is 33.2 Å². The van der Waals surface area contributed by atoms with Crippen molar-refractivity contribution in [3.05, 3.63) is 53.6 Å². The van der Waals surface area contributed by atoms with Crippen LogP contribution in [0.15, 0.2) is 47.4 Å². The van der Waals surface area contributed by atoms with Crippen molar-refractivity contribution in [3.8, 4) is 0 Å². The zero-order valence-electron chi connectivity index (χ0n) is 17.2. The summed E-state index contributed by atoms with van der Waals surface area (Å²) in [4.78, 5) is 26.3. The monoisotopic (exact) mass is 415 g/mol. The molecule has 2 aromatic rings. The van der Waals surface area contributed by atoms with Gasteiger partial charge in [0.2, 0.25) is 21.8 Å². The first-order valence-corrected chi connectivity index (χ1v) is 10.6. The van der Waals surface area contributed by atoms with E-state index in [0.29, 0.717) is 16.9 Å². The topological polar surface area (TPSA) is 86.8 Å². The number of carbonyl (C=O) groups is 2. The highest BCUT2D eigenvalue weighted by Gasteiger charge is 2.43. The van der Waals surface area contributed by atoms with E-state index in [-0.39, 0.29) is 17.3 Å². The highest BCUT2D eigenvalue weighted by molar-refractivity contribution is 7.89. The Labute approximate surface area is 171 Å². The van der Waals surface area contributed by atoms with E-state index in [1.165, 1.54) is 24.1 Å². The highest BCUT2D eigenvalue weighted by Crippen LogP contribution is 2.41. The molecule has 0 aromatic heterocycles. The lowest BCUT2D eigenvalue weighted by molar-refractivity contribution is -0.121. The van der Waals surface area contributed by atoms with Crippen LogP contribution < -0.4 is 10.2 Å². The van der Waals surface area contributed by atoms with Gasteiger partial charge in [0.15, 0.2) is 0 Å². The minimum absolute atomic E-state index is 0.0538. The van der Waals surface area contributed by atoms with Crippen molar-refractivity contribution in [2.45, 2.75) is 31.1 Å². The largest absolute Gasteiger partial charge is 0.325 e. The molecule has 0 radical (unpaired) electrons. The number of nitrogens with one attached hydrogen (secondary N) is 1. The summed E-state index contributed by atoms with van der Waals surface area (Å²) in [7, 11) is -0.864. The molecule has 3 rings (SSSR count). The van der Waals surface area contributed by atoms with Gasteiger partial charge in [-0.2, -0.15) is 4.31 Å². The first kappa shape index (κ1) is 21.0. The Morgan fingerprint density at radius 3 is 2.38 bits per heavy atom. The third-order valence-electron chi connectivity index (χ3n) is 5.25. The number of sulfonamides is 1. The first-order valence-electron chi connectivity index (χ1n) is 9.20. The van der Waals surface area contributed by atoms with Crippen LogP contribution in [0.25, 0.3) is 0 Å². The number of hydrogen-bond acceptors (Lipinski definition) is 4. The van der Waals surface area contributed by atoms with Crippen molar-refractivity contribution in [2.75, 3.05) is 30.9 Å². The zero-order chi connectivity index (χ0) is 21.6. The minimum atomic E-state index is -3.90. The molecular weight excluding hydrogens is 390 g/mol. The van der Waals surface area contributed by atoms with E-state index in [4.69, 9.17) is 0 Å². The number of anilines is 2. The van der Waals surface area contributed by atoms with Gasteiger partial charge in [-0.1, -0.05) is 17.7 Å². The molecule has 0 saturated heterocycles. The second kappa shape index (κ2) is 7.27. The smallest absolute Gasteiger partial charge is 0.243 e. The Hall–Kier alpha value is -2.71. The Bertz CT molecular complexity index is 1080. The predicted octanol–water partition coefficient (Wildman–Crippen LogP) is 2.51. The normalized spacial score (nSPS) is 15.5. The highest BCUT2D eigenvalue weighted by atomic mass is 32.2. The van der Waals surface area contributed by atoms with Crippen molar-refractivity contribution in [1.82, 2.24) is 4.31 Å². The van der Waals surface area contributed by atoms with Crippen LogP contribution in [0, 0.1) is 6.92 Å². The van der Waals surface area contributed by atoms with Crippen molar-refractivity contribution in [2.24, 2.45) is 0 Å². The lowest BCUT2D eigenvalue weighted by Crippen LogP contribution is -2.35. The van der Waals surface area contributed by atoms with Crippen LogP contribution in [0.5, 0.6) is 0 Å². The second-order valence-corrected chi connectivity index (χ2v) is 9.89. The van der Waals surface area contributed by atoms with E-state index < -0.39 is 21.3 Å². The summed E-state index contributed by atoms with van der Waals surface area (Å²) in [6, 6.07) is 11.9. The molecule has 2 amide bonds. The fourth-order valence-electron chi connectivity index (χ4n) is 3.42. The quantitative estimate of drug-likeness (QED) is 0.813. The third-order valence-corrected chi connectivity index (χ3v) is 7.05. The molecule has 0 spiro atoms. The van der Waals surface area contributed by atoms with Crippen LogP contribution in [0.3, 0.4) is 0 Å². The van der Waals surface area contributed by atoms with E-state index in [1.54, 1.807) is 39.1 Å². The molecule has 1 aliphatic rings. The molecule has 0 unspecified atom stereocenters. The third kappa shape index (κ3) is 3.77. The van der Waals surface area contributed by atoms with E-state index in [1.807, 2.05) is 19.1 Å². The van der Waals surface area contributed by atoms with Crippen LogP contribution in [-0.4, -0.2) is 45.2 Å². The van der Waals surface area contributed by atoms with E-state index in [2.05, 4.69) is 5.32 Å². The number of fused-ring (bicyclic) bond motifs is 1. The summed E-state index contributed by atoms with van der Waals surface area (Å²) in [5, 5.41) is 2.69. The Morgan fingerprint density at radius 1 is 1.14 bits per heavy atom. The zero-order valence-corrected chi connectivity index (χ0v) is 18.0.